The van der Waals surface area contributed by atoms with Crippen LogP contribution in [0.4, 0.5) is 5.00 Å². The third kappa shape index (κ3) is 2.69. The summed E-state index contributed by atoms with van der Waals surface area (Å²) in [6.07, 6.45) is -0.0524. The van der Waals surface area contributed by atoms with Crippen LogP contribution >= 0.6 is 11.3 Å². The van der Waals surface area contributed by atoms with Crippen molar-refractivity contribution in [3.63, 3.8) is 0 Å². The van der Waals surface area contributed by atoms with Gasteiger partial charge in [0.2, 0.25) is 0 Å². The molecular weight excluding hydrogens is 218 g/mol. The van der Waals surface area contributed by atoms with Gasteiger partial charge in [-0.3, -0.25) is 4.79 Å². The number of hydrogen-bond acceptors (Lipinski definition) is 5. The molecule has 1 heterocycles. The second-order valence-corrected chi connectivity index (χ2v) is 3.70. The Balaban J connectivity index is 2.86. The van der Waals surface area contributed by atoms with Crippen molar-refractivity contribution in [2.75, 3.05) is 12.3 Å². The highest BCUT2D eigenvalue weighted by Crippen LogP contribution is 2.25. The molecule has 0 bridgehead atoms. The van der Waals surface area contributed by atoms with Gasteiger partial charge in [0.25, 0.3) is 0 Å². The van der Waals surface area contributed by atoms with Crippen molar-refractivity contribution in [1.29, 1.82) is 0 Å². The second kappa shape index (κ2) is 4.79. The highest BCUT2D eigenvalue weighted by molar-refractivity contribution is 7.14. The van der Waals surface area contributed by atoms with Crippen molar-refractivity contribution in [2.45, 2.75) is 13.3 Å². The number of ether oxygens (including phenoxy) is 1. The Morgan fingerprint density at radius 3 is 2.80 bits per heavy atom. The molecule has 5 nitrogen and oxygen atoms in total. The number of carboxylic acids is 1. The molecule has 0 aliphatic rings. The van der Waals surface area contributed by atoms with Gasteiger partial charge in [0, 0.05) is 0 Å². The number of thiophene rings is 1. The number of aromatic carboxylic acids is 1. The van der Waals surface area contributed by atoms with Gasteiger partial charge in [-0.25, -0.2) is 4.79 Å². The molecule has 0 unspecified atom stereocenters. The maximum Gasteiger partial charge on any atom is 0.338 e. The van der Waals surface area contributed by atoms with Crippen LogP contribution in [0.5, 0.6) is 0 Å². The summed E-state index contributed by atoms with van der Waals surface area (Å²) in [5.41, 5.74) is 5.89. The summed E-state index contributed by atoms with van der Waals surface area (Å²) in [4.78, 5) is 22.0. The monoisotopic (exact) mass is 229 g/mol. The Kier molecular flexibility index (Phi) is 3.68. The average Bonchev–Trinajstić information content (AvgIpc) is 2.47. The first-order chi connectivity index (χ1) is 7.06. The lowest BCUT2D eigenvalue weighted by atomic mass is 10.1. The van der Waals surface area contributed by atoms with Crippen LogP contribution < -0.4 is 5.73 Å². The van der Waals surface area contributed by atoms with E-state index in [0.29, 0.717) is 5.56 Å². The number of hydrogen-bond donors (Lipinski definition) is 2. The van der Waals surface area contributed by atoms with Crippen LogP contribution in [0.2, 0.25) is 0 Å². The number of esters is 1. The fourth-order valence-electron chi connectivity index (χ4n) is 1.15. The molecule has 0 aliphatic carbocycles. The molecule has 82 valence electrons. The first-order valence-electron chi connectivity index (χ1n) is 4.31. The lowest BCUT2D eigenvalue weighted by molar-refractivity contribution is -0.142. The van der Waals surface area contributed by atoms with Crippen molar-refractivity contribution in [2.24, 2.45) is 0 Å². The summed E-state index contributed by atoms with van der Waals surface area (Å²) in [5.74, 6) is -1.56. The minimum absolute atomic E-state index is 0.00746. The molecule has 0 spiro atoms. The highest BCUT2D eigenvalue weighted by Gasteiger charge is 2.18. The number of anilines is 1. The first kappa shape index (κ1) is 11.5. The molecule has 0 saturated carbocycles. The van der Waals surface area contributed by atoms with Crippen molar-refractivity contribution >= 4 is 28.3 Å². The van der Waals surface area contributed by atoms with E-state index in [-0.39, 0.29) is 23.6 Å². The van der Waals surface area contributed by atoms with Gasteiger partial charge in [-0.15, -0.1) is 11.3 Å². The van der Waals surface area contributed by atoms with Crippen molar-refractivity contribution in [3.05, 3.63) is 16.5 Å². The van der Waals surface area contributed by atoms with Gasteiger partial charge in [-0.1, -0.05) is 0 Å². The van der Waals surface area contributed by atoms with E-state index in [9.17, 15) is 9.59 Å². The van der Waals surface area contributed by atoms with Crippen molar-refractivity contribution < 1.29 is 19.4 Å². The van der Waals surface area contributed by atoms with Crippen LogP contribution in [0.25, 0.3) is 0 Å². The summed E-state index contributed by atoms with van der Waals surface area (Å²) in [6, 6.07) is 0. The van der Waals surface area contributed by atoms with E-state index in [4.69, 9.17) is 15.6 Å². The van der Waals surface area contributed by atoms with Gasteiger partial charge in [0.1, 0.15) is 5.00 Å². The zero-order valence-electron chi connectivity index (χ0n) is 8.15. The van der Waals surface area contributed by atoms with E-state index < -0.39 is 11.9 Å². The summed E-state index contributed by atoms with van der Waals surface area (Å²) in [5, 5.41) is 10.6. The summed E-state index contributed by atoms with van der Waals surface area (Å²) in [6.45, 7) is 1.97. The van der Waals surface area contributed by atoms with Gasteiger partial charge in [0.05, 0.1) is 18.6 Å². The Morgan fingerprint density at radius 2 is 2.27 bits per heavy atom. The van der Waals surface area contributed by atoms with E-state index in [2.05, 4.69) is 0 Å². The molecule has 0 aliphatic heterocycles. The zero-order chi connectivity index (χ0) is 11.4. The van der Waals surface area contributed by atoms with Crippen LogP contribution in [0.15, 0.2) is 5.38 Å². The number of carbonyl (C=O) groups excluding carboxylic acids is 1. The van der Waals surface area contributed by atoms with E-state index in [1.807, 2.05) is 0 Å². The van der Waals surface area contributed by atoms with E-state index >= 15 is 0 Å². The predicted molar refractivity (Wildman–Crippen MR) is 56.0 cm³/mol. The maximum atomic E-state index is 11.1. The van der Waals surface area contributed by atoms with Crippen LogP contribution in [-0.2, 0) is 16.0 Å². The quantitative estimate of drug-likeness (QED) is 0.755. The Bertz CT molecular complexity index is 385. The number of carboxylic acid groups (broad SMARTS) is 1. The van der Waals surface area contributed by atoms with Gasteiger partial charge < -0.3 is 15.6 Å². The Morgan fingerprint density at radius 1 is 1.60 bits per heavy atom. The number of rotatable bonds is 4. The molecular formula is C9H11NO4S. The smallest absolute Gasteiger partial charge is 0.338 e. The molecule has 0 fully saturated rings. The molecule has 1 rings (SSSR count). The zero-order valence-corrected chi connectivity index (χ0v) is 8.97. The SMILES string of the molecule is CCOC(=O)Cc1csc(N)c1C(=O)O. The molecule has 0 saturated heterocycles. The molecule has 1 aromatic heterocycles. The predicted octanol–water partition coefficient (Wildman–Crippen LogP) is 1.13. The average molecular weight is 229 g/mol. The van der Waals surface area contributed by atoms with Crippen LogP contribution in [-0.4, -0.2) is 23.7 Å². The minimum Gasteiger partial charge on any atom is -0.478 e. The lowest BCUT2D eigenvalue weighted by Gasteiger charge is -2.01. The number of nitrogen functional groups attached to an aromatic ring is 1. The Hall–Kier alpha value is -1.56. The fraction of sp³-hybridized carbons (Fsp3) is 0.333. The van der Waals surface area contributed by atoms with Gasteiger partial charge in [-0.2, -0.15) is 0 Å². The molecule has 3 N–H and O–H groups in total. The van der Waals surface area contributed by atoms with Crippen molar-refractivity contribution in [1.82, 2.24) is 0 Å². The molecule has 1 aromatic rings. The van der Waals surface area contributed by atoms with Gasteiger partial charge >= 0.3 is 11.9 Å². The highest BCUT2D eigenvalue weighted by atomic mass is 32.1. The second-order valence-electron chi connectivity index (χ2n) is 2.79. The molecule has 15 heavy (non-hydrogen) atoms. The molecule has 0 atom stereocenters. The lowest BCUT2D eigenvalue weighted by Crippen LogP contribution is -2.10. The molecule has 0 radical (unpaired) electrons. The third-order valence-corrected chi connectivity index (χ3v) is 2.61. The standard InChI is InChI=1S/C9H11NO4S/c1-2-14-6(11)3-5-4-15-8(10)7(5)9(12)13/h4H,2-3,10H2,1H3,(H,12,13). The normalized spacial score (nSPS) is 9.93. The Labute approximate surface area is 90.5 Å². The maximum absolute atomic E-state index is 11.1. The largest absolute Gasteiger partial charge is 0.478 e. The van der Waals surface area contributed by atoms with Crippen molar-refractivity contribution in [3.8, 4) is 0 Å². The third-order valence-electron chi connectivity index (χ3n) is 1.75. The minimum atomic E-state index is -1.12. The number of nitrogens with two attached hydrogens (primary N) is 1. The van der Waals surface area contributed by atoms with Crippen LogP contribution in [0.1, 0.15) is 22.8 Å². The van der Waals surface area contributed by atoms with Gasteiger partial charge in [-0.05, 0) is 17.9 Å². The molecule has 0 aromatic carbocycles. The summed E-state index contributed by atoms with van der Waals surface area (Å²) in [7, 11) is 0. The van der Waals surface area contributed by atoms with E-state index in [1.165, 1.54) is 0 Å². The summed E-state index contributed by atoms with van der Waals surface area (Å²) < 4.78 is 4.72. The number of carbonyl (C=O) groups is 2. The summed E-state index contributed by atoms with van der Waals surface area (Å²) >= 11 is 1.11. The molecule has 0 amide bonds. The van der Waals surface area contributed by atoms with Crippen LogP contribution in [0.3, 0.4) is 0 Å². The topological polar surface area (TPSA) is 89.6 Å². The van der Waals surface area contributed by atoms with E-state index in [1.54, 1.807) is 12.3 Å². The van der Waals surface area contributed by atoms with E-state index in [0.717, 1.165) is 11.3 Å². The van der Waals surface area contributed by atoms with Gasteiger partial charge in [0.15, 0.2) is 0 Å². The molecule has 6 heteroatoms. The first-order valence-corrected chi connectivity index (χ1v) is 5.19. The van der Waals surface area contributed by atoms with Crippen LogP contribution in [0, 0.1) is 0 Å². The fourth-order valence-corrected chi connectivity index (χ4v) is 1.96.